The molecule has 0 atom stereocenters. The number of halogens is 1. The SMILES string of the molecule is Fc1ccc(N2CCN(CCCN3C=Cc4ccccc4S3)CC2)cc1. The normalized spacial score (nSPS) is 17.4. The minimum absolute atomic E-state index is 0.167. The zero-order valence-corrected chi connectivity index (χ0v) is 15.7. The predicted octanol–water partition coefficient (Wildman–Crippen LogP) is 4.33. The van der Waals surface area contributed by atoms with Crippen molar-refractivity contribution in [1.82, 2.24) is 9.21 Å². The smallest absolute Gasteiger partial charge is 0.123 e. The molecule has 0 aromatic heterocycles. The van der Waals surface area contributed by atoms with E-state index in [1.54, 1.807) is 12.1 Å². The second-order valence-electron chi connectivity index (χ2n) is 6.74. The van der Waals surface area contributed by atoms with E-state index in [1.807, 2.05) is 24.1 Å². The van der Waals surface area contributed by atoms with Gasteiger partial charge in [-0.2, -0.15) is 0 Å². The van der Waals surface area contributed by atoms with Crippen LogP contribution in [0.2, 0.25) is 0 Å². The molecular weight excluding hydrogens is 345 g/mol. The molecule has 2 aliphatic rings. The predicted molar refractivity (Wildman–Crippen MR) is 108 cm³/mol. The molecule has 0 N–H and O–H groups in total. The molecule has 2 aromatic rings. The van der Waals surface area contributed by atoms with Crippen molar-refractivity contribution in [2.75, 3.05) is 44.2 Å². The fraction of sp³-hybridized carbons (Fsp3) is 0.333. The standard InChI is InChI=1S/C21H24FN3S/c22-19-6-8-20(9-7-19)24-16-14-23(15-17-24)11-3-12-25-13-10-18-4-1-2-5-21(18)26-25/h1-2,4-10,13H,3,11-12,14-17H2. The highest BCUT2D eigenvalue weighted by atomic mass is 32.2. The summed E-state index contributed by atoms with van der Waals surface area (Å²) < 4.78 is 15.4. The lowest BCUT2D eigenvalue weighted by molar-refractivity contribution is 0.251. The Morgan fingerprint density at radius 1 is 0.885 bits per heavy atom. The number of nitrogens with zero attached hydrogens (tertiary/aromatic N) is 3. The third kappa shape index (κ3) is 4.22. The molecule has 0 amide bonds. The quantitative estimate of drug-likeness (QED) is 0.726. The lowest BCUT2D eigenvalue weighted by atomic mass is 10.2. The van der Waals surface area contributed by atoms with E-state index in [0.29, 0.717) is 0 Å². The molecule has 136 valence electrons. The van der Waals surface area contributed by atoms with Crippen molar-refractivity contribution in [1.29, 1.82) is 0 Å². The van der Waals surface area contributed by atoms with Gasteiger partial charge in [0.25, 0.3) is 0 Å². The summed E-state index contributed by atoms with van der Waals surface area (Å²) in [4.78, 5) is 6.21. The topological polar surface area (TPSA) is 9.72 Å². The third-order valence-corrected chi connectivity index (χ3v) is 6.08. The summed E-state index contributed by atoms with van der Waals surface area (Å²) in [7, 11) is 0. The summed E-state index contributed by atoms with van der Waals surface area (Å²) in [5, 5.41) is 0. The highest BCUT2D eigenvalue weighted by Crippen LogP contribution is 2.31. The van der Waals surface area contributed by atoms with Crippen LogP contribution in [0.1, 0.15) is 12.0 Å². The average Bonchev–Trinajstić information content (AvgIpc) is 2.69. The molecule has 0 spiro atoms. The molecule has 2 aromatic carbocycles. The van der Waals surface area contributed by atoms with Gasteiger partial charge in [-0.1, -0.05) is 18.2 Å². The van der Waals surface area contributed by atoms with Gasteiger partial charge in [-0.25, -0.2) is 4.39 Å². The Labute approximate surface area is 159 Å². The zero-order valence-electron chi connectivity index (χ0n) is 14.9. The van der Waals surface area contributed by atoms with Gasteiger partial charge in [0.05, 0.1) is 0 Å². The second kappa shape index (κ2) is 8.14. The fourth-order valence-corrected chi connectivity index (χ4v) is 4.45. The van der Waals surface area contributed by atoms with Crippen LogP contribution >= 0.6 is 11.9 Å². The van der Waals surface area contributed by atoms with E-state index in [-0.39, 0.29) is 5.82 Å². The van der Waals surface area contributed by atoms with Crippen molar-refractivity contribution < 1.29 is 4.39 Å². The highest BCUT2D eigenvalue weighted by molar-refractivity contribution is 7.97. The number of hydrogen-bond donors (Lipinski definition) is 0. The van der Waals surface area contributed by atoms with E-state index in [0.717, 1.165) is 51.4 Å². The summed E-state index contributed by atoms with van der Waals surface area (Å²) in [6, 6.07) is 15.4. The van der Waals surface area contributed by atoms with Crippen LogP contribution in [0.4, 0.5) is 10.1 Å². The van der Waals surface area contributed by atoms with Gasteiger partial charge >= 0.3 is 0 Å². The van der Waals surface area contributed by atoms with E-state index >= 15 is 0 Å². The Morgan fingerprint density at radius 2 is 1.65 bits per heavy atom. The first-order chi connectivity index (χ1) is 12.8. The molecule has 3 nitrogen and oxygen atoms in total. The van der Waals surface area contributed by atoms with E-state index in [4.69, 9.17) is 0 Å². The van der Waals surface area contributed by atoms with Crippen LogP contribution in [-0.4, -0.2) is 48.5 Å². The molecule has 0 unspecified atom stereocenters. The van der Waals surface area contributed by atoms with E-state index in [1.165, 1.54) is 10.5 Å². The summed E-state index contributed by atoms with van der Waals surface area (Å²) in [5.41, 5.74) is 2.44. The van der Waals surface area contributed by atoms with E-state index in [2.05, 4.69) is 50.6 Å². The molecule has 1 saturated heterocycles. The maximum absolute atomic E-state index is 13.1. The number of rotatable bonds is 5. The Hall–Kier alpha value is -1.98. The Kier molecular flexibility index (Phi) is 5.46. The number of hydrogen-bond acceptors (Lipinski definition) is 4. The van der Waals surface area contributed by atoms with Crippen LogP contribution in [0.3, 0.4) is 0 Å². The van der Waals surface area contributed by atoms with Gasteiger partial charge in [0, 0.05) is 49.5 Å². The van der Waals surface area contributed by atoms with Crippen LogP contribution in [0, 0.1) is 5.82 Å². The number of piperazine rings is 1. The van der Waals surface area contributed by atoms with Crippen LogP contribution in [-0.2, 0) is 0 Å². The summed E-state index contributed by atoms with van der Waals surface area (Å²) in [6.07, 6.45) is 5.56. The van der Waals surface area contributed by atoms with Crippen molar-refractivity contribution in [3.8, 4) is 0 Å². The minimum Gasteiger partial charge on any atom is -0.369 e. The number of anilines is 1. The molecule has 0 bridgehead atoms. The fourth-order valence-electron chi connectivity index (χ4n) is 3.47. The average molecular weight is 370 g/mol. The molecule has 0 radical (unpaired) electrons. The largest absolute Gasteiger partial charge is 0.369 e. The molecule has 0 aliphatic carbocycles. The van der Waals surface area contributed by atoms with Crippen LogP contribution in [0.5, 0.6) is 0 Å². The first kappa shape index (κ1) is 17.4. The van der Waals surface area contributed by atoms with Crippen molar-refractivity contribution in [3.05, 3.63) is 66.1 Å². The second-order valence-corrected chi connectivity index (χ2v) is 7.84. The van der Waals surface area contributed by atoms with Gasteiger partial charge in [-0.05, 0) is 66.9 Å². The van der Waals surface area contributed by atoms with Crippen LogP contribution in [0.25, 0.3) is 6.08 Å². The first-order valence-corrected chi connectivity index (χ1v) is 10.00. The molecule has 26 heavy (non-hydrogen) atoms. The minimum atomic E-state index is -0.167. The van der Waals surface area contributed by atoms with Crippen molar-refractivity contribution >= 4 is 23.7 Å². The summed E-state index contributed by atoms with van der Waals surface area (Å²) in [5.74, 6) is -0.167. The number of benzene rings is 2. The van der Waals surface area contributed by atoms with Crippen molar-refractivity contribution in [2.24, 2.45) is 0 Å². The van der Waals surface area contributed by atoms with E-state index < -0.39 is 0 Å². The molecule has 0 saturated carbocycles. The molecule has 5 heteroatoms. The Balaban J connectivity index is 1.19. The first-order valence-electron chi connectivity index (χ1n) is 9.23. The molecule has 1 fully saturated rings. The molecule has 2 heterocycles. The lowest BCUT2D eigenvalue weighted by Crippen LogP contribution is -2.46. The van der Waals surface area contributed by atoms with Gasteiger partial charge in [0.15, 0.2) is 0 Å². The molecule has 2 aliphatic heterocycles. The maximum atomic E-state index is 13.1. The van der Waals surface area contributed by atoms with E-state index in [9.17, 15) is 4.39 Å². The van der Waals surface area contributed by atoms with Gasteiger partial charge in [-0.3, -0.25) is 4.90 Å². The maximum Gasteiger partial charge on any atom is 0.123 e. The number of fused-ring (bicyclic) bond motifs is 1. The molecular formula is C21H24FN3S. The zero-order chi connectivity index (χ0) is 17.8. The summed E-state index contributed by atoms with van der Waals surface area (Å²) >= 11 is 1.83. The lowest BCUT2D eigenvalue weighted by Gasteiger charge is -2.36. The van der Waals surface area contributed by atoms with Gasteiger partial charge in [0.2, 0.25) is 0 Å². The van der Waals surface area contributed by atoms with Gasteiger partial charge in [-0.15, -0.1) is 0 Å². The van der Waals surface area contributed by atoms with Gasteiger partial charge < -0.3 is 9.21 Å². The van der Waals surface area contributed by atoms with Crippen LogP contribution in [0.15, 0.2) is 59.6 Å². The van der Waals surface area contributed by atoms with Crippen molar-refractivity contribution in [3.63, 3.8) is 0 Å². The Morgan fingerprint density at radius 3 is 2.46 bits per heavy atom. The third-order valence-electron chi connectivity index (χ3n) is 4.97. The highest BCUT2D eigenvalue weighted by Gasteiger charge is 2.17. The Bertz CT molecular complexity index is 754. The van der Waals surface area contributed by atoms with Crippen molar-refractivity contribution in [2.45, 2.75) is 11.3 Å². The monoisotopic (exact) mass is 369 g/mol. The van der Waals surface area contributed by atoms with Crippen LogP contribution < -0.4 is 4.90 Å². The van der Waals surface area contributed by atoms with Gasteiger partial charge in [0.1, 0.15) is 5.82 Å². The summed E-state index contributed by atoms with van der Waals surface area (Å²) in [6.45, 7) is 6.36. The molecule has 4 rings (SSSR count).